The molecule has 0 unspecified atom stereocenters. The molecule has 0 bridgehead atoms. The predicted molar refractivity (Wildman–Crippen MR) is 80.1 cm³/mol. The van der Waals surface area contributed by atoms with Crippen LogP contribution in [0.1, 0.15) is 32.1 Å². The first-order valence-electron chi connectivity index (χ1n) is 7.07. The van der Waals surface area contributed by atoms with Crippen molar-refractivity contribution in [3.63, 3.8) is 0 Å². The van der Waals surface area contributed by atoms with Crippen molar-refractivity contribution in [3.8, 4) is 0 Å². The predicted octanol–water partition coefficient (Wildman–Crippen LogP) is 2.88. The molecule has 6 heteroatoms. The number of hydrogen-bond acceptors (Lipinski definition) is 3. The summed E-state index contributed by atoms with van der Waals surface area (Å²) in [4.78, 5) is 0. The van der Waals surface area contributed by atoms with E-state index in [0.717, 1.165) is 17.3 Å². The van der Waals surface area contributed by atoms with Crippen molar-refractivity contribution in [2.45, 2.75) is 32.1 Å². The summed E-state index contributed by atoms with van der Waals surface area (Å²) in [6.07, 6.45) is 7.27. The van der Waals surface area contributed by atoms with Crippen LogP contribution in [-0.2, 0) is 10.0 Å². The van der Waals surface area contributed by atoms with Gasteiger partial charge in [-0.1, -0.05) is 37.8 Å². The molecule has 108 valence electrons. The topological polar surface area (TPSA) is 74.8 Å². The molecule has 1 aliphatic rings. The van der Waals surface area contributed by atoms with Gasteiger partial charge in [0.25, 0.3) is 0 Å². The first-order valence-corrected chi connectivity index (χ1v) is 8.72. The van der Waals surface area contributed by atoms with Crippen LogP contribution < -0.4 is 4.72 Å². The lowest BCUT2D eigenvalue weighted by Gasteiger charge is -2.11. The quantitative estimate of drug-likeness (QED) is 0.890. The fraction of sp³-hybridized carbons (Fsp3) is 0.500. The minimum absolute atomic E-state index is 0.197. The minimum Gasteiger partial charge on any atom is -0.281 e. The van der Waals surface area contributed by atoms with Crippen LogP contribution in [0.15, 0.2) is 24.4 Å². The van der Waals surface area contributed by atoms with Gasteiger partial charge in [0.2, 0.25) is 10.0 Å². The molecule has 2 N–H and O–H groups in total. The third-order valence-corrected chi connectivity index (χ3v) is 5.32. The standard InChI is InChI=1S/C14H19N3O2S/c18-20(19,9-8-11-4-1-2-5-11)17-13-7-3-6-12-10-15-16-14(12)13/h3,6-7,10-11,17H,1-2,4-5,8-9H2,(H,15,16). The highest BCUT2D eigenvalue weighted by atomic mass is 32.2. The number of fused-ring (bicyclic) bond motifs is 1. The van der Waals surface area contributed by atoms with E-state index in [1.54, 1.807) is 12.3 Å². The van der Waals surface area contributed by atoms with Crippen LogP contribution in [-0.4, -0.2) is 24.4 Å². The molecule has 3 rings (SSSR count). The van der Waals surface area contributed by atoms with Gasteiger partial charge in [-0.2, -0.15) is 5.10 Å². The van der Waals surface area contributed by atoms with Crippen molar-refractivity contribution in [1.82, 2.24) is 10.2 Å². The monoisotopic (exact) mass is 293 g/mol. The number of aromatic nitrogens is 2. The van der Waals surface area contributed by atoms with Gasteiger partial charge in [-0.05, 0) is 18.4 Å². The van der Waals surface area contributed by atoms with Crippen LogP contribution in [0.3, 0.4) is 0 Å². The molecule has 5 nitrogen and oxygen atoms in total. The molecule has 1 aliphatic carbocycles. The molecule has 2 aromatic rings. The number of nitrogens with one attached hydrogen (secondary N) is 2. The third-order valence-electron chi connectivity index (χ3n) is 4.01. The number of aromatic amines is 1. The molecule has 1 saturated carbocycles. The molecule has 1 fully saturated rings. The molecule has 0 aliphatic heterocycles. The molecular weight excluding hydrogens is 274 g/mol. The van der Waals surface area contributed by atoms with Gasteiger partial charge >= 0.3 is 0 Å². The average Bonchev–Trinajstić information content (AvgIpc) is 3.08. The van der Waals surface area contributed by atoms with Gasteiger partial charge < -0.3 is 0 Å². The Hall–Kier alpha value is -1.56. The van der Waals surface area contributed by atoms with Crippen molar-refractivity contribution in [1.29, 1.82) is 0 Å². The molecule has 0 atom stereocenters. The number of benzene rings is 1. The summed E-state index contributed by atoms with van der Waals surface area (Å²) in [6.45, 7) is 0. The Morgan fingerprint density at radius 1 is 1.30 bits per heavy atom. The zero-order chi connectivity index (χ0) is 14.0. The second kappa shape index (κ2) is 5.44. The lowest BCUT2D eigenvalue weighted by atomic mass is 10.1. The molecule has 0 saturated heterocycles. The number of anilines is 1. The van der Waals surface area contributed by atoms with E-state index in [0.29, 0.717) is 11.6 Å². The highest BCUT2D eigenvalue weighted by Gasteiger charge is 2.19. The van der Waals surface area contributed by atoms with Gasteiger partial charge in [-0.3, -0.25) is 9.82 Å². The van der Waals surface area contributed by atoms with E-state index in [4.69, 9.17) is 0 Å². The van der Waals surface area contributed by atoms with Crippen molar-refractivity contribution in [2.24, 2.45) is 5.92 Å². The average molecular weight is 293 g/mol. The van der Waals surface area contributed by atoms with Gasteiger partial charge in [0.05, 0.1) is 23.2 Å². The van der Waals surface area contributed by atoms with Crippen LogP contribution in [0.25, 0.3) is 10.9 Å². The first-order chi connectivity index (χ1) is 9.64. The maximum atomic E-state index is 12.2. The van der Waals surface area contributed by atoms with Crippen LogP contribution in [0.2, 0.25) is 0 Å². The highest BCUT2D eigenvalue weighted by Crippen LogP contribution is 2.28. The fourth-order valence-electron chi connectivity index (χ4n) is 2.89. The Kier molecular flexibility index (Phi) is 3.65. The van der Waals surface area contributed by atoms with Crippen LogP contribution >= 0.6 is 0 Å². The maximum Gasteiger partial charge on any atom is 0.232 e. The number of sulfonamides is 1. The van der Waals surface area contributed by atoms with Crippen LogP contribution in [0.5, 0.6) is 0 Å². The summed E-state index contributed by atoms with van der Waals surface area (Å²) in [7, 11) is -3.29. The minimum atomic E-state index is -3.29. The second-order valence-electron chi connectivity index (χ2n) is 5.50. The van der Waals surface area contributed by atoms with Crippen molar-refractivity contribution >= 4 is 26.6 Å². The summed E-state index contributed by atoms with van der Waals surface area (Å²) in [5, 5.41) is 7.68. The number of hydrogen-bond donors (Lipinski definition) is 2. The summed E-state index contributed by atoms with van der Waals surface area (Å²) in [6, 6.07) is 5.48. The molecule has 20 heavy (non-hydrogen) atoms. The van der Waals surface area contributed by atoms with Crippen molar-refractivity contribution in [2.75, 3.05) is 10.5 Å². The zero-order valence-corrected chi connectivity index (χ0v) is 12.1. The lowest BCUT2D eigenvalue weighted by molar-refractivity contribution is 0.522. The van der Waals surface area contributed by atoms with E-state index in [9.17, 15) is 8.42 Å². The third kappa shape index (κ3) is 2.95. The van der Waals surface area contributed by atoms with E-state index in [2.05, 4.69) is 14.9 Å². The SMILES string of the molecule is O=S(=O)(CCC1CCCC1)Nc1cccc2cn[nH]c12. The van der Waals surface area contributed by atoms with E-state index in [1.807, 2.05) is 12.1 Å². The molecule has 1 aromatic heterocycles. The summed E-state index contributed by atoms with van der Waals surface area (Å²) >= 11 is 0. The fourth-order valence-corrected chi connectivity index (χ4v) is 4.14. The molecule has 1 heterocycles. The van der Waals surface area contributed by atoms with E-state index >= 15 is 0 Å². The normalized spacial score (nSPS) is 16.8. The van der Waals surface area contributed by atoms with E-state index in [1.165, 1.54) is 25.7 Å². The number of rotatable bonds is 5. The summed E-state index contributed by atoms with van der Waals surface area (Å²) in [5.41, 5.74) is 1.31. The smallest absolute Gasteiger partial charge is 0.232 e. The van der Waals surface area contributed by atoms with E-state index in [-0.39, 0.29) is 5.75 Å². The van der Waals surface area contributed by atoms with Gasteiger partial charge in [0, 0.05) is 5.39 Å². The van der Waals surface area contributed by atoms with Gasteiger partial charge in [-0.25, -0.2) is 8.42 Å². The maximum absolute atomic E-state index is 12.2. The largest absolute Gasteiger partial charge is 0.281 e. The Morgan fingerprint density at radius 2 is 2.10 bits per heavy atom. The van der Waals surface area contributed by atoms with Gasteiger partial charge in [0.1, 0.15) is 0 Å². The molecule has 1 aromatic carbocycles. The molecular formula is C14H19N3O2S. The van der Waals surface area contributed by atoms with Crippen molar-refractivity contribution < 1.29 is 8.42 Å². The second-order valence-corrected chi connectivity index (χ2v) is 7.34. The molecule has 0 amide bonds. The lowest BCUT2D eigenvalue weighted by Crippen LogP contribution is -2.18. The Bertz CT molecular complexity index is 687. The van der Waals surface area contributed by atoms with E-state index < -0.39 is 10.0 Å². The van der Waals surface area contributed by atoms with Crippen LogP contribution in [0, 0.1) is 5.92 Å². The number of nitrogens with zero attached hydrogens (tertiary/aromatic N) is 1. The molecule has 0 spiro atoms. The first kappa shape index (κ1) is 13.4. The Labute approximate surface area is 118 Å². The summed E-state index contributed by atoms with van der Waals surface area (Å²) < 4.78 is 27.0. The van der Waals surface area contributed by atoms with Gasteiger partial charge in [0.15, 0.2) is 0 Å². The highest BCUT2D eigenvalue weighted by molar-refractivity contribution is 7.92. The Balaban J connectivity index is 1.70. The van der Waals surface area contributed by atoms with Crippen molar-refractivity contribution in [3.05, 3.63) is 24.4 Å². The molecule has 0 radical (unpaired) electrons. The Morgan fingerprint density at radius 3 is 2.90 bits per heavy atom. The zero-order valence-electron chi connectivity index (χ0n) is 11.3. The number of H-pyrrole nitrogens is 1. The number of para-hydroxylation sites is 1. The van der Waals surface area contributed by atoms with Gasteiger partial charge in [-0.15, -0.1) is 0 Å². The van der Waals surface area contributed by atoms with Crippen LogP contribution in [0.4, 0.5) is 5.69 Å². The summed E-state index contributed by atoms with van der Waals surface area (Å²) in [5.74, 6) is 0.775.